The van der Waals surface area contributed by atoms with Crippen LogP contribution in [-0.4, -0.2) is 0 Å². The average molecular weight is 178 g/mol. The first-order valence-electron chi connectivity index (χ1n) is 4.32. The molecule has 0 aliphatic heterocycles. The summed E-state index contributed by atoms with van der Waals surface area (Å²) in [7, 11) is 0. The summed E-state index contributed by atoms with van der Waals surface area (Å²) in [6, 6.07) is 10.5. The summed E-state index contributed by atoms with van der Waals surface area (Å²) in [5.74, 6) is 0. The zero-order chi connectivity index (χ0) is 9.40. The van der Waals surface area contributed by atoms with E-state index in [9.17, 15) is 0 Å². The van der Waals surface area contributed by atoms with Gasteiger partial charge in [0.2, 0.25) is 0 Å². The molecule has 0 N–H and O–H groups in total. The SMILES string of the molecule is C.C=C(C)C.CCc1ccccc1. The molecule has 0 unspecified atom stereocenters. The second-order valence-electron chi connectivity index (χ2n) is 3.05. The lowest BCUT2D eigenvalue weighted by Gasteiger charge is -1.89. The first-order chi connectivity index (χ1) is 5.66. The van der Waals surface area contributed by atoms with E-state index in [2.05, 4.69) is 37.8 Å². The summed E-state index contributed by atoms with van der Waals surface area (Å²) >= 11 is 0. The fraction of sp³-hybridized carbons (Fsp3) is 0.385. The predicted octanol–water partition coefficient (Wildman–Crippen LogP) is 4.47. The third kappa shape index (κ3) is 11.0. The lowest BCUT2D eigenvalue weighted by Crippen LogP contribution is -1.73. The maximum atomic E-state index is 3.56. The smallest absolute Gasteiger partial charge is 0.0307 e. The Morgan fingerprint density at radius 3 is 1.77 bits per heavy atom. The van der Waals surface area contributed by atoms with Crippen LogP contribution in [-0.2, 0) is 6.42 Å². The summed E-state index contributed by atoms with van der Waals surface area (Å²) in [6.07, 6.45) is 1.14. The van der Waals surface area contributed by atoms with Crippen molar-refractivity contribution in [1.29, 1.82) is 0 Å². The molecule has 0 atom stereocenters. The molecule has 0 amide bonds. The number of hydrogen-bond donors (Lipinski definition) is 0. The lowest BCUT2D eigenvalue weighted by atomic mass is 10.2. The Kier molecular flexibility index (Phi) is 10.1. The minimum Gasteiger partial charge on any atom is -0.100 e. The Morgan fingerprint density at radius 1 is 1.15 bits per heavy atom. The largest absolute Gasteiger partial charge is 0.100 e. The minimum absolute atomic E-state index is 0. The minimum atomic E-state index is 0. The van der Waals surface area contributed by atoms with Gasteiger partial charge in [0.25, 0.3) is 0 Å². The van der Waals surface area contributed by atoms with Crippen molar-refractivity contribution in [1.82, 2.24) is 0 Å². The van der Waals surface area contributed by atoms with Crippen LogP contribution >= 0.6 is 0 Å². The molecule has 0 heterocycles. The number of allylic oxidation sites excluding steroid dienone is 1. The molecule has 0 spiro atoms. The van der Waals surface area contributed by atoms with Gasteiger partial charge in [-0.25, -0.2) is 0 Å². The van der Waals surface area contributed by atoms with Gasteiger partial charge in [0, 0.05) is 0 Å². The summed E-state index contributed by atoms with van der Waals surface area (Å²) in [4.78, 5) is 0. The third-order valence-corrected chi connectivity index (χ3v) is 1.25. The van der Waals surface area contributed by atoms with Crippen molar-refractivity contribution in [3.63, 3.8) is 0 Å². The Balaban J connectivity index is 0. The lowest BCUT2D eigenvalue weighted by molar-refractivity contribution is 1.14. The van der Waals surface area contributed by atoms with Gasteiger partial charge in [-0.2, -0.15) is 0 Å². The molecule has 0 radical (unpaired) electrons. The summed E-state index contributed by atoms with van der Waals surface area (Å²) in [5, 5.41) is 0. The number of hydrogen-bond acceptors (Lipinski definition) is 0. The number of aryl methyl sites for hydroxylation is 1. The van der Waals surface area contributed by atoms with Crippen molar-refractivity contribution in [3.8, 4) is 0 Å². The Labute approximate surface area is 83.3 Å². The van der Waals surface area contributed by atoms with Crippen LogP contribution in [0.25, 0.3) is 0 Å². The first kappa shape index (κ1) is 14.5. The Bertz CT molecular complexity index is 205. The van der Waals surface area contributed by atoms with Gasteiger partial charge in [-0.05, 0) is 25.8 Å². The van der Waals surface area contributed by atoms with Crippen LogP contribution in [0.15, 0.2) is 42.5 Å². The molecule has 0 saturated heterocycles. The van der Waals surface area contributed by atoms with Gasteiger partial charge in [0.15, 0.2) is 0 Å². The molecule has 0 aliphatic carbocycles. The van der Waals surface area contributed by atoms with Gasteiger partial charge < -0.3 is 0 Å². The van der Waals surface area contributed by atoms with Gasteiger partial charge >= 0.3 is 0 Å². The molecule has 74 valence electrons. The molecule has 1 aromatic rings. The van der Waals surface area contributed by atoms with E-state index in [0.29, 0.717) is 0 Å². The van der Waals surface area contributed by atoms with Gasteiger partial charge in [0.1, 0.15) is 0 Å². The van der Waals surface area contributed by atoms with Crippen LogP contribution in [0.2, 0.25) is 0 Å². The standard InChI is InChI=1S/C8H10.C4H8.CH4/c1-2-8-6-4-3-5-7-8;1-4(2)3;/h3-7H,2H2,1H3;1H2,2-3H3;1H4. The summed E-state index contributed by atoms with van der Waals surface area (Å²) < 4.78 is 0. The van der Waals surface area contributed by atoms with Crippen LogP contribution in [0, 0.1) is 0 Å². The normalized spacial score (nSPS) is 7.62. The highest BCUT2D eigenvalue weighted by atomic mass is 13.9. The molecule has 0 bridgehead atoms. The molecule has 0 nitrogen and oxygen atoms in total. The molecule has 0 saturated carbocycles. The third-order valence-electron chi connectivity index (χ3n) is 1.25. The molecular weight excluding hydrogens is 156 g/mol. The quantitative estimate of drug-likeness (QED) is 0.557. The van der Waals surface area contributed by atoms with E-state index >= 15 is 0 Å². The Morgan fingerprint density at radius 2 is 1.54 bits per heavy atom. The second kappa shape index (κ2) is 9.05. The van der Waals surface area contributed by atoms with Crippen molar-refractivity contribution < 1.29 is 0 Å². The van der Waals surface area contributed by atoms with Crippen molar-refractivity contribution in [2.45, 2.75) is 34.6 Å². The van der Waals surface area contributed by atoms with E-state index in [-0.39, 0.29) is 7.43 Å². The average Bonchev–Trinajstić information content (AvgIpc) is 2.05. The second-order valence-corrected chi connectivity index (χ2v) is 3.05. The molecular formula is C13H22. The Hall–Kier alpha value is -1.04. The molecule has 1 rings (SSSR count). The van der Waals surface area contributed by atoms with Gasteiger partial charge in [-0.3, -0.25) is 0 Å². The number of rotatable bonds is 1. The van der Waals surface area contributed by atoms with Crippen LogP contribution in [0.4, 0.5) is 0 Å². The van der Waals surface area contributed by atoms with E-state index in [1.165, 1.54) is 11.1 Å². The molecule has 0 heteroatoms. The molecule has 0 aliphatic rings. The first-order valence-corrected chi connectivity index (χ1v) is 4.32. The number of benzene rings is 1. The van der Waals surface area contributed by atoms with Crippen molar-refractivity contribution in [2.75, 3.05) is 0 Å². The van der Waals surface area contributed by atoms with Gasteiger partial charge in [0.05, 0.1) is 0 Å². The van der Waals surface area contributed by atoms with E-state index in [0.717, 1.165) is 6.42 Å². The maximum Gasteiger partial charge on any atom is -0.0307 e. The van der Waals surface area contributed by atoms with Crippen LogP contribution in [0.3, 0.4) is 0 Å². The van der Waals surface area contributed by atoms with E-state index in [1.54, 1.807) is 0 Å². The van der Waals surface area contributed by atoms with E-state index in [1.807, 2.05) is 19.9 Å². The van der Waals surface area contributed by atoms with Crippen molar-refractivity contribution in [3.05, 3.63) is 48.0 Å². The van der Waals surface area contributed by atoms with Crippen LogP contribution < -0.4 is 0 Å². The van der Waals surface area contributed by atoms with E-state index in [4.69, 9.17) is 0 Å². The molecule has 0 fully saturated rings. The highest BCUT2D eigenvalue weighted by molar-refractivity contribution is 5.13. The highest BCUT2D eigenvalue weighted by Gasteiger charge is 1.79. The fourth-order valence-electron chi connectivity index (χ4n) is 0.714. The molecule has 13 heavy (non-hydrogen) atoms. The predicted molar refractivity (Wildman–Crippen MR) is 63.0 cm³/mol. The topological polar surface area (TPSA) is 0 Å². The van der Waals surface area contributed by atoms with E-state index < -0.39 is 0 Å². The van der Waals surface area contributed by atoms with Crippen molar-refractivity contribution in [2.24, 2.45) is 0 Å². The van der Waals surface area contributed by atoms with Crippen LogP contribution in [0.1, 0.15) is 33.8 Å². The maximum absolute atomic E-state index is 3.56. The van der Waals surface area contributed by atoms with Gasteiger partial charge in [-0.1, -0.05) is 50.3 Å². The van der Waals surface area contributed by atoms with Gasteiger partial charge in [-0.15, -0.1) is 6.58 Å². The fourth-order valence-corrected chi connectivity index (χ4v) is 0.714. The van der Waals surface area contributed by atoms with Crippen LogP contribution in [0.5, 0.6) is 0 Å². The molecule has 0 aromatic heterocycles. The molecule has 1 aromatic carbocycles. The zero-order valence-electron chi connectivity index (χ0n) is 8.30. The zero-order valence-corrected chi connectivity index (χ0v) is 8.30. The monoisotopic (exact) mass is 178 g/mol. The summed E-state index contributed by atoms with van der Waals surface area (Å²) in [6.45, 7) is 9.66. The highest BCUT2D eigenvalue weighted by Crippen LogP contribution is 1.96. The van der Waals surface area contributed by atoms with Crippen molar-refractivity contribution >= 4 is 0 Å². The summed E-state index contributed by atoms with van der Waals surface area (Å²) in [5.41, 5.74) is 2.58.